The fraction of sp³-hybridized carbons (Fsp3) is 0.344. The first-order valence-electron chi connectivity index (χ1n) is 14.2. The fourth-order valence-electron chi connectivity index (χ4n) is 5.88. The minimum atomic E-state index is -0.927. The van der Waals surface area contributed by atoms with Crippen LogP contribution < -0.4 is 19.8 Å². The largest absolute Gasteiger partial charge is 0.497 e. The highest BCUT2D eigenvalue weighted by Crippen LogP contribution is 2.32. The smallest absolute Gasteiger partial charge is 0.407 e. The molecule has 1 fully saturated rings. The van der Waals surface area contributed by atoms with Crippen LogP contribution in [0.4, 0.5) is 4.79 Å². The predicted octanol–water partition coefficient (Wildman–Crippen LogP) is 4.49. The van der Waals surface area contributed by atoms with Gasteiger partial charge in [-0.1, -0.05) is 12.1 Å². The third-order valence-corrected chi connectivity index (χ3v) is 8.10. The second-order valence-corrected chi connectivity index (χ2v) is 10.6. The average Bonchev–Trinajstić information content (AvgIpc) is 3.03. The van der Waals surface area contributed by atoms with Gasteiger partial charge in [0.1, 0.15) is 19.0 Å². The number of carboxylic acid groups (broad SMARTS) is 1. The van der Waals surface area contributed by atoms with E-state index >= 15 is 0 Å². The quantitative estimate of drug-likeness (QED) is 0.330. The summed E-state index contributed by atoms with van der Waals surface area (Å²) in [6.07, 6.45) is 2.24. The fourth-order valence-corrected chi connectivity index (χ4v) is 5.88. The molecule has 2 aliphatic rings. The van der Waals surface area contributed by atoms with Gasteiger partial charge in [-0.05, 0) is 54.8 Å². The normalized spacial score (nSPS) is 15.5. The van der Waals surface area contributed by atoms with E-state index in [0.29, 0.717) is 50.1 Å². The van der Waals surface area contributed by atoms with Crippen LogP contribution in [0.2, 0.25) is 0 Å². The van der Waals surface area contributed by atoms with Gasteiger partial charge in [-0.2, -0.15) is 0 Å². The average molecular weight is 571 g/mol. The molecule has 2 aromatic carbocycles. The number of hydrogen-bond donors (Lipinski definition) is 1. The van der Waals surface area contributed by atoms with E-state index in [1.165, 1.54) is 4.90 Å². The summed E-state index contributed by atoms with van der Waals surface area (Å²) in [4.78, 5) is 33.9. The van der Waals surface area contributed by atoms with Crippen LogP contribution in [0.15, 0.2) is 71.7 Å². The molecule has 4 heterocycles. The lowest BCUT2D eigenvalue weighted by Crippen LogP contribution is -2.47. The zero-order valence-corrected chi connectivity index (χ0v) is 23.6. The summed E-state index contributed by atoms with van der Waals surface area (Å²) in [5.41, 5.74) is 3.12. The Morgan fingerprint density at radius 3 is 2.57 bits per heavy atom. The van der Waals surface area contributed by atoms with E-state index in [1.807, 2.05) is 54.6 Å². The Morgan fingerprint density at radius 2 is 1.83 bits per heavy atom. The molecule has 0 atom stereocenters. The van der Waals surface area contributed by atoms with E-state index in [-0.39, 0.29) is 11.6 Å². The van der Waals surface area contributed by atoms with Gasteiger partial charge in [0.15, 0.2) is 11.5 Å². The Balaban J connectivity index is 1.14. The van der Waals surface area contributed by atoms with Crippen molar-refractivity contribution >= 4 is 17.0 Å². The van der Waals surface area contributed by atoms with E-state index in [2.05, 4.69) is 9.88 Å². The van der Waals surface area contributed by atoms with Crippen molar-refractivity contribution in [1.29, 1.82) is 0 Å². The molecule has 218 valence electrons. The summed E-state index contributed by atoms with van der Waals surface area (Å²) in [5.74, 6) is 2.03. The van der Waals surface area contributed by atoms with Crippen molar-refractivity contribution in [2.24, 2.45) is 0 Å². The Bertz CT molecular complexity index is 1630. The Morgan fingerprint density at radius 1 is 1.02 bits per heavy atom. The summed E-state index contributed by atoms with van der Waals surface area (Å²) >= 11 is 0. The number of carbonyl (C=O) groups is 1. The van der Waals surface area contributed by atoms with Crippen LogP contribution >= 0.6 is 0 Å². The molecule has 2 aromatic heterocycles. The van der Waals surface area contributed by atoms with Gasteiger partial charge >= 0.3 is 6.09 Å². The molecule has 1 N–H and O–H groups in total. The molecule has 0 spiro atoms. The molecule has 0 bridgehead atoms. The van der Waals surface area contributed by atoms with Crippen molar-refractivity contribution in [3.8, 4) is 28.5 Å². The molecule has 0 aliphatic carbocycles. The molecule has 0 saturated carbocycles. The first kappa shape index (κ1) is 27.6. The van der Waals surface area contributed by atoms with Crippen LogP contribution in [0.5, 0.6) is 17.2 Å². The lowest BCUT2D eigenvalue weighted by atomic mass is 10.0. The molecule has 1 amide bonds. The van der Waals surface area contributed by atoms with Gasteiger partial charge in [0.05, 0.1) is 18.3 Å². The van der Waals surface area contributed by atoms with E-state index in [1.54, 1.807) is 23.9 Å². The first-order chi connectivity index (χ1) is 20.5. The summed E-state index contributed by atoms with van der Waals surface area (Å²) in [5, 5.41) is 11.0. The van der Waals surface area contributed by atoms with Crippen LogP contribution in [0.1, 0.15) is 18.4 Å². The number of hydrogen-bond acceptors (Lipinski definition) is 7. The summed E-state index contributed by atoms with van der Waals surface area (Å²) in [6.45, 7) is 3.98. The number of methoxy groups -OCH3 is 1. The third-order valence-electron chi connectivity index (χ3n) is 8.10. The van der Waals surface area contributed by atoms with Crippen LogP contribution in [0.3, 0.4) is 0 Å². The number of likely N-dealkylation sites (tertiary alicyclic amines) is 1. The summed E-state index contributed by atoms with van der Waals surface area (Å²) in [6, 6.07) is 18.6. The van der Waals surface area contributed by atoms with E-state index in [0.717, 1.165) is 53.7 Å². The van der Waals surface area contributed by atoms with Gasteiger partial charge < -0.3 is 33.7 Å². The monoisotopic (exact) mass is 570 g/mol. The number of nitrogens with zero attached hydrogens (tertiary/aromatic N) is 4. The maximum atomic E-state index is 13.4. The minimum Gasteiger partial charge on any atom is -0.497 e. The minimum absolute atomic E-state index is 0.0857. The summed E-state index contributed by atoms with van der Waals surface area (Å²) < 4.78 is 18.5. The van der Waals surface area contributed by atoms with Gasteiger partial charge in [0.2, 0.25) is 0 Å². The molecule has 0 unspecified atom stereocenters. The number of benzene rings is 2. The molecule has 42 heavy (non-hydrogen) atoms. The number of rotatable bonds is 8. The lowest BCUT2D eigenvalue weighted by molar-refractivity contribution is 0.0856. The lowest BCUT2D eigenvalue weighted by Gasteiger charge is -2.37. The predicted molar refractivity (Wildman–Crippen MR) is 158 cm³/mol. The van der Waals surface area contributed by atoms with Gasteiger partial charge in [0.25, 0.3) is 5.56 Å². The number of piperidine rings is 1. The Hall–Kier alpha value is -4.57. The Labute approximate surface area is 243 Å². The van der Waals surface area contributed by atoms with E-state index < -0.39 is 6.09 Å². The standard InChI is InChI=1S/C32H34N4O6/c1-40-24-6-7-25-26(27-4-2-3-11-33-27)20-31(37)35(28(25)19-24)15-14-34-12-9-23(10-13-34)36(32(38)39)21-22-5-8-29-30(18-22)42-17-16-41-29/h2-8,11,18-20,23H,9-10,12-17,21H2,1H3,(H,38,39). The second kappa shape index (κ2) is 12.1. The van der Waals surface area contributed by atoms with Crippen molar-refractivity contribution < 1.29 is 24.1 Å². The molecular formula is C32H34N4O6. The molecule has 1 saturated heterocycles. The molecular weight excluding hydrogens is 536 g/mol. The zero-order chi connectivity index (χ0) is 29.1. The highest BCUT2D eigenvalue weighted by atomic mass is 16.6. The number of aromatic nitrogens is 2. The van der Waals surface area contributed by atoms with Crippen LogP contribution in [-0.4, -0.2) is 76.6 Å². The van der Waals surface area contributed by atoms with Gasteiger partial charge in [-0.25, -0.2) is 4.79 Å². The molecule has 10 heteroatoms. The summed E-state index contributed by atoms with van der Waals surface area (Å²) in [7, 11) is 1.62. The molecule has 10 nitrogen and oxygen atoms in total. The van der Waals surface area contributed by atoms with Gasteiger partial charge in [0, 0.05) is 68.0 Å². The molecule has 6 rings (SSSR count). The molecule has 4 aromatic rings. The zero-order valence-electron chi connectivity index (χ0n) is 23.6. The number of amides is 1. The first-order valence-corrected chi connectivity index (χ1v) is 14.2. The SMILES string of the molecule is COc1ccc2c(-c3ccccn3)cc(=O)n(CCN3CCC(N(Cc4ccc5c(c4)OCCO5)C(=O)O)CC3)c2c1. The van der Waals surface area contributed by atoms with E-state index in [9.17, 15) is 14.7 Å². The van der Waals surface area contributed by atoms with Crippen LogP contribution in [0.25, 0.3) is 22.2 Å². The van der Waals surface area contributed by atoms with Crippen molar-refractivity contribution in [1.82, 2.24) is 19.4 Å². The number of fused-ring (bicyclic) bond motifs is 2. The Kier molecular flexibility index (Phi) is 7.96. The van der Waals surface area contributed by atoms with Gasteiger partial charge in [-0.3, -0.25) is 9.78 Å². The second-order valence-electron chi connectivity index (χ2n) is 10.6. The van der Waals surface area contributed by atoms with Crippen molar-refractivity contribution in [2.75, 3.05) is 40.0 Å². The third kappa shape index (κ3) is 5.75. The van der Waals surface area contributed by atoms with E-state index in [4.69, 9.17) is 14.2 Å². The maximum absolute atomic E-state index is 13.4. The van der Waals surface area contributed by atoms with Crippen molar-refractivity contribution in [3.63, 3.8) is 0 Å². The molecule has 0 radical (unpaired) electrons. The van der Waals surface area contributed by atoms with Crippen LogP contribution in [-0.2, 0) is 13.1 Å². The topological polar surface area (TPSA) is 106 Å². The maximum Gasteiger partial charge on any atom is 0.407 e. The number of pyridine rings is 2. The molecule has 2 aliphatic heterocycles. The number of ether oxygens (including phenoxy) is 3. The highest BCUT2D eigenvalue weighted by Gasteiger charge is 2.28. The van der Waals surface area contributed by atoms with Crippen molar-refractivity contribution in [3.05, 3.63) is 82.8 Å². The van der Waals surface area contributed by atoms with Gasteiger partial charge in [-0.15, -0.1) is 0 Å². The van der Waals surface area contributed by atoms with Crippen molar-refractivity contribution in [2.45, 2.75) is 32.0 Å². The highest BCUT2D eigenvalue weighted by molar-refractivity contribution is 5.94. The van der Waals surface area contributed by atoms with Crippen LogP contribution in [0, 0.1) is 0 Å².